The second-order valence-electron chi connectivity index (χ2n) is 7.51. The third-order valence-electron chi connectivity index (χ3n) is 4.44. The summed E-state index contributed by atoms with van der Waals surface area (Å²) >= 11 is 0. The Morgan fingerprint density at radius 1 is 1.04 bits per heavy atom. The van der Waals surface area contributed by atoms with E-state index in [4.69, 9.17) is 0 Å². The second-order valence-corrected chi connectivity index (χ2v) is 7.51. The largest absolute Gasteiger partial charge is 0.505 e. The molecular formula is C22H24N2O2. The van der Waals surface area contributed by atoms with E-state index in [9.17, 15) is 9.90 Å². The Labute approximate surface area is 153 Å². The summed E-state index contributed by atoms with van der Waals surface area (Å²) in [5, 5.41) is 10.8. The van der Waals surface area contributed by atoms with Gasteiger partial charge in [0, 0.05) is 17.3 Å². The van der Waals surface area contributed by atoms with E-state index in [1.807, 2.05) is 24.3 Å². The van der Waals surface area contributed by atoms with E-state index in [1.54, 1.807) is 18.3 Å². The molecule has 0 atom stereocenters. The van der Waals surface area contributed by atoms with Crippen LogP contribution in [0.4, 0.5) is 0 Å². The number of benzene rings is 1. The van der Waals surface area contributed by atoms with E-state index < -0.39 is 0 Å². The van der Waals surface area contributed by atoms with Crippen LogP contribution in [0, 0.1) is 0 Å². The van der Waals surface area contributed by atoms with Crippen molar-refractivity contribution in [1.82, 2.24) is 9.97 Å². The highest BCUT2D eigenvalue weighted by Gasteiger charge is 2.22. The van der Waals surface area contributed by atoms with Crippen LogP contribution < -0.4 is 5.56 Å². The van der Waals surface area contributed by atoms with Crippen LogP contribution in [0.3, 0.4) is 0 Å². The zero-order valence-electron chi connectivity index (χ0n) is 15.4. The summed E-state index contributed by atoms with van der Waals surface area (Å²) in [6, 6.07) is 15.6. The smallest absolute Gasteiger partial charge is 0.257 e. The maximum Gasteiger partial charge on any atom is 0.257 e. The molecule has 0 bridgehead atoms. The molecule has 0 aliphatic rings. The van der Waals surface area contributed by atoms with Gasteiger partial charge >= 0.3 is 0 Å². The Bertz CT molecular complexity index is 954. The summed E-state index contributed by atoms with van der Waals surface area (Å²) < 4.78 is 0. The molecule has 0 amide bonds. The monoisotopic (exact) mass is 348 g/mol. The summed E-state index contributed by atoms with van der Waals surface area (Å²) in [6.45, 7) is 6.23. The molecule has 0 fully saturated rings. The zero-order chi connectivity index (χ0) is 18.7. The molecule has 0 spiro atoms. The van der Waals surface area contributed by atoms with Crippen LogP contribution >= 0.6 is 0 Å². The van der Waals surface area contributed by atoms with Gasteiger partial charge in [-0.3, -0.25) is 4.79 Å². The molecule has 26 heavy (non-hydrogen) atoms. The topological polar surface area (TPSA) is 66.0 Å². The van der Waals surface area contributed by atoms with Crippen molar-refractivity contribution in [3.63, 3.8) is 0 Å². The number of H-pyrrole nitrogens is 1. The van der Waals surface area contributed by atoms with Crippen molar-refractivity contribution in [3.8, 4) is 17.0 Å². The first-order valence-corrected chi connectivity index (χ1v) is 8.81. The number of aryl methyl sites for hydroxylation is 2. The molecule has 3 aromatic rings. The van der Waals surface area contributed by atoms with Crippen molar-refractivity contribution in [1.29, 1.82) is 0 Å². The van der Waals surface area contributed by atoms with Crippen LogP contribution in [-0.4, -0.2) is 15.1 Å². The third kappa shape index (κ3) is 3.85. The Morgan fingerprint density at radius 2 is 1.77 bits per heavy atom. The first kappa shape index (κ1) is 17.9. The molecule has 2 N–H and O–H groups in total. The number of aromatic amines is 1. The van der Waals surface area contributed by atoms with E-state index >= 15 is 0 Å². The summed E-state index contributed by atoms with van der Waals surface area (Å²) in [6.07, 6.45) is 3.07. The van der Waals surface area contributed by atoms with E-state index in [0.717, 1.165) is 17.7 Å². The van der Waals surface area contributed by atoms with Gasteiger partial charge in [0.15, 0.2) is 0 Å². The standard InChI is InChI=1S/C22H24N2O2/c1-22(2,3)18-14-16(12-11-15-8-5-4-6-9-15)20(25)19(24-18)17-10-7-13-23-21(17)26/h4-10,13-14,25H,11-12H2,1-3H3,(H,23,26). The summed E-state index contributed by atoms with van der Waals surface area (Å²) in [5.74, 6) is 0.0885. The van der Waals surface area contributed by atoms with E-state index in [0.29, 0.717) is 17.7 Å². The molecule has 3 rings (SSSR count). The first-order valence-electron chi connectivity index (χ1n) is 8.81. The van der Waals surface area contributed by atoms with E-state index in [2.05, 4.69) is 42.9 Å². The molecule has 0 saturated carbocycles. The quantitative estimate of drug-likeness (QED) is 0.742. The Morgan fingerprint density at radius 3 is 2.42 bits per heavy atom. The highest BCUT2D eigenvalue weighted by Crippen LogP contribution is 2.33. The maximum atomic E-state index is 12.2. The summed E-state index contributed by atoms with van der Waals surface area (Å²) in [5.41, 5.74) is 3.17. The molecule has 4 heteroatoms. The van der Waals surface area contributed by atoms with Crippen molar-refractivity contribution >= 4 is 0 Å². The van der Waals surface area contributed by atoms with Gasteiger partial charge in [-0.05, 0) is 42.2 Å². The number of nitrogens with zero attached hydrogens (tertiary/aromatic N) is 1. The fourth-order valence-corrected chi connectivity index (χ4v) is 2.89. The van der Waals surface area contributed by atoms with Crippen LogP contribution in [0.25, 0.3) is 11.3 Å². The highest BCUT2D eigenvalue weighted by atomic mass is 16.3. The molecule has 0 aliphatic heterocycles. The molecule has 2 aromatic heterocycles. The maximum absolute atomic E-state index is 12.2. The lowest BCUT2D eigenvalue weighted by atomic mass is 9.89. The van der Waals surface area contributed by atoms with Gasteiger partial charge < -0.3 is 10.1 Å². The molecule has 0 radical (unpaired) electrons. The third-order valence-corrected chi connectivity index (χ3v) is 4.44. The van der Waals surface area contributed by atoms with Crippen LogP contribution in [0.1, 0.15) is 37.6 Å². The molecule has 0 unspecified atom stereocenters. The molecule has 134 valence electrons. The average molecular weight is 348 g/mol. The van der Waals surface area contributed by atoms with Gasteiger partial charge in [0.2, 0.25) is 0 Å². The Kier molecular flexibility index (Phi) is 4.94. The van der Waals surface area contributed by atoms with Crippen molar-refractivity contribution < 1.29 is 5.11 Å². The van der Waals surface area contributed by atoms with Gasteiger partial charge in [0.05, 0.1) is 5.56 Å². The number of aromatic nitrogens is 2. The lowest BCUT2D eigenvalue weighted by Gasteiger charge is -2.21. The van der Waals surface area contributed by atoms with Crippen LogP contribution in [0.2, 0.25) is 0 Å². The lowest BCUT2D eigenvalue weighted by molar-refractivity contribution is 0.464. The minimum absolute atomic E-state index is 0.0885. The molecule has 0 saturated heterocycles. The van der Waals surface area contributed by atoms with Gasteiger partial charge in [-0.25, -0.2) is 4.98 Å². The molecule has 4 nitrogen and oxygen atoms in total. The number of nitrogens with one attached hydrogen (secondary N) is 1. The van der Waals surface area contributed by atoms with Crippen molar-refractivity contribution in [3.05, 3.63) is 81.9 Å². The Balaban J connectivity index is 2.07. The summed E-state index contributed by atoms with van der Waals surface area (Å²) in [7, 11) is 0. The van der Waals surface area contributed by atoms with Crippen LogP contribution in [-0.2, 0) is 18.3 Å². The van der Waals surface area contributed by atoms with Gasteiger partial charge in [-0.2, -0.15) is 0 Å². The lowest BCUT2D eigenvalue weighted by Crippen LogP contribution is -2.16. The predicted molar refractivity (Wildman–Crippen MR) is 105 cm³/mol. The summed E-state index contributed by atoms with van der Waals surface area (Å²) in [4.78, 5) is 19.5. The van der Waals surface area contributed by atoms with Crippen LogP contribution in [0.5, 0.6) is 5.75 Å². The van der Waals surface area contributed by atoms with Gasteiger partial charge in [0.1, 0.15) is 11.4 Å². The van der Waals surface area contributed by atoms with Crippen molar-refractivity contribution in [2.75, 3.05) is 0 Å². The fraction of sp³-hybridized carbons (Fsp3) is 0.273. The van der Waals surface area contributed by atoms with Gasteiger partial charge in [-0.1, -0.05) is 51.1 Å². The van der Waals surface area contributed by atoms with Crippen LogP contribution in [0.15, 0.2) is 59.5 Å². The highest BCUT2D eigenvalue weighted by molar-refractivity contribution is 5.67. The number of hydrogen-bond donors (Lipinski definition) is 2. The minimum atomic E-state index is -0.254. The van der Waals surface area contributed by atoms with Crippen molar-refractivity contribution in [2.24, 2.45) is 0 Å². The van der Waals surface area contributed by atoms with E-state index in [-0.39, 0.29) is 16.7 Å². The number of aromatic hydroxyl groups is 1. The first-order chi connectivity index (χ1) is 12.4. The van der Waals surface area contributed by atoms with Crippen molar-refractivity contribution in [2.45, 2.75) is 39.0 Å². The molecule has 0 aliphatic carbocycles. The minimum Gasteiger partial charge on any atom is -0.505 e. The SMILES string of the molecule is CC(C)(C)c1cc(CCc2ccccc2)c(O)c(-c2ccc[nH]c2=O)n1. The van der Waals surface area contributed by atoms with E-state index in [1.165, 1.54) is 5.56 Å². The predicted octanol–water partition coefficient (Wildman–Crippen LogP) is 4.23. The second kappa shape index (κ2) is 7.16. The number of rotatable bonds is 4. The van der Waals surface area contributed by atoms with Gasteiger partial charge in [-0.15, -0.1) is 0 Å². The molecule has 1 aromatic carbocycles. The van der Waals surface area contributed by atoms with Gasteiger partial charge in [0.25, 0.3) is 5.56 Å². The number of hydrogen-bond acceptors (Lipinski definition) is 3. The normalized spacial score (nSPS) is 11.5. The zero-order valence-corrected chi connectivity index (χ0v) is 15.4. The molecular weight excluding hydrogens is 324 g/mol. The Hall–Kier alpha value is -2.88. The molecule has 2 heterocycles. The fourth-order valence-electron chi connectivity index (χ4n) is 2.89. The average Bonchev–Trinajstić information content (AvgIpc) is 2.61. The number of pyridine rings is 2.